The number of amides is 1. The molecule has 0 atom stereocenters. The molecule has 0 fully saturated rings. The fourth-order valence-corrected chi connectivity index (χ4v) is 1.66. The van der Waals surface area contributed by atoms with E-state index < -0.39 is 18.3 Å². The molecule has 0 unspecified atom stereocenters. The van der Waals surface area contributed by atoms with Crippen LogP contribution in [-0.4, -0.2) is 17.0 Å². The lowest BCUT2D eigenvalue weighted by Gasteiger charge is -1.97. The predicted octanol–water partition coefficient (Wildman–Crippen LogP) is 1.81. The maximum absolute atomic E-state index is 10.9. The van der Waals surface area contributed by atoms with E-state index in [1.165, 1.54) is 11.3 Å². The number of carboxylic acids is 1. The number of hydrogen-bond donors (Lipinski definition) is 2. The quantitative estimate of drug-likeness (QED) is 0.762. The van der Waals surface area contributed by atoms with E-state index in [-0.39, 0.29) is 0 Å². The highest BCUT2D eigenvalue weighted by Crippen LogP contribution is 2.25. The highest BCUT2D eigenvalue weighted by Gasteiger charge is 2.08. The zero-order valence-corrected chi connectivity index (χ0v) is 7.98. The van der Waals surface area contributed by atoms with Gasteiger partial charge < -0.3 is 10.4 Å². The van der Waals surface area contributed by atoms with Crippen LogP contribution in [0.2, 0.25) is 4.34 Å². The summed E-state index contributed by atoms with van der Waals surface area (Å²) in [6, 6.07) is 3.25. The molecular weight excluding hydrogens is 214 g/mol. The number of carboxylic acid groups (broad SMARTS) is 1. The van der Waals surface area contributed by atoms with Crippen LogP contribution in [0.5, 0.6) is 0 Å². The molecule has 0 bridgehead atoms. The zero-order chi connectivity index (χ0) is 9.84. The van der Waals surface area contributed by atoms with Gasteiger partial charge in [-0.25, -0.2) is 0 Å². The summed E-state index contributed by atoms with van der Waals surface area (Å²) >= 11 is 6.78. The van der Waals surface area contributed by atoms with Crippen molar-refractivity contribution in [2.24, 2.45) is 0 Å². The molecule has 0 spiro atoms. The number of carbonyl (C=O) groups is 2. The molecule has 4 nitrogen and oxygen atoms in total. The van der Waals surface area contributed by atoms with E-state index in [0.717, 1.165) is 0 Å². The third-order valence-corrected chi connectivity index (χ3v) is 2.29. The summed E-state index contributed by atoms with van der Waals surface area (Å²) in [4.78, 5) is 21.0. The summed E-state index contributed by atoms with van der Waals surface area (Å²) < 4.78 is 0.547. The van der Waals surface area contributed by atoms with Crippen molar-refractivity contribution in [1.29, 1.82) is 0 Å². The number of carbonyl (C=O) groups excluding carboxylic acids is 1. The van der Waals surface area contributed by atoms with E-state index in [1.807, 2.05) is 0 Å². The molecule has 0 saturated heterocycles. The molecule has 2 N–H and O–H groups in total. The normalized spacial score (nSPS) is 9.62. The van der Waals surface area contributed by atoms with Gasteiger partial charge in [-0.1, -0.05) is 11.6 Å². The standard InChI is InChI=1S/C7H6ClNO3S/c8-4-1-2-6(13-4)9-5(10)3-7(11)12/h1-2H,3H2,(H,9,10)(H,11,12). The third-order valence-electron chi connectivity index (χ3n) is 1.15. The summed E-state index contributed by atoms with van der Waals surface area (Å²) in [6.07, 6.45) is -0.532. The number of thiophene rings is 1. The van der Waals surface area contributed by atoms with Gasteiger partial charge in [-0.2, -0.15) is 0 Å². The van der Waals surface area contributed by atoms with Gasteiger partial charge in [-0.3, -0.25) is 9.59 Å². The van der Waals surface area contributed by atoms with E-state index in [1.54, 1.807) is 12.1 Å². The molecule has 0 aliphatic rings. The molecule has 0 saturated carbocycles. The van der Waals surface area contributed by atoms with E-state index in [9.17, 15) is 9.59 Å². The fourth-order valence-electron chi connectivity index (χ4n) is 0.700. The van der Waals surface area contributed by atoms with Gasteiger partial charge in [-0.05, 0) is 12.1 Å². The van der Waals surface area contributed by atoms with Gasteiger partial charge in [0.15, 0.2) is 0 Å². The number of nitrogens with one attached hydrogen (secondary N) is 1. The lowest BCUT2D eigenvalue weighted by Crippen LogP contribution is -2.14. The lowest BCUT2D eigenvalue weighted by molar-refractivity contribution is -0.139. The second-order valence-electron chi connectivity index (χ2n) is 2.22. The van der Waals surface area contributed by atoms with E-state index in [0.29, 0.717) is 9.34 Å². The molecule has 1 aromatic heterocycles. The highest BCUT2D eigenvalue weighted by molar-refractivity contribution is 7.20. The first-order chi connectivity index (χ1) is 6.08. The Morgan fingerprint density at radius 1 is 1.54 bits per heavy atom. The summed E-state index contributed by atoms with van der Waals surface area (Å²) in [7, 11) is 0. The molecule has 6 heteroatoms. The second-order valence-corrected chi connectivity index (χ2v) is 3.94. The van der Waals surface area contributed by atoms with Gasteiger partial charge in [0.1, 0.15) is 6.42 Å². The monoisotopic (exact) mass is 219 g/mol. The fraction of sp³-hybridized carbons (Fsp3) is 0.143. The summed E-state index contributed by atoms with van der Waals surface area (Å²) in [5.41, 5.74) is 0. The van der Waals surface area contributed by atoms with Crippen molar-refractivity contribution in [2.75, 3.05) is 5.32 Å². The van der Waals surface area contributed by atoms with Gasteiger partial charge >= 0.3 is 5.97 Å². The van der Waals surface area contributed by atoms with Gasteiger partial charge in [0, 0.05) is 0 Å². The van der Waals surface area contributed by atoms with Crippen molar-refractivity contribution in [1.82, 2.24) is 0 Å². The van der Waals surface area contributed by atoms with Crippen molar-refractivity contribution in [3.8, 4) is 0 Å². The Morgan fingerprint density at radius 2 is 2.23 bits per heavy atom. The first-order valence-corrected chi connectivity index (χ1v) is 4.54. The average Bonchev–Trinajstić information content (AvgIpc) is 2.33. The molecule has 70 valence electrons. The van der Waals surface area contributed by atoms with Crippen molar-refractivity contribution in [3.63, 3.8) is 0 Å². The number of anilines is 1. The number of rotatable bonds is 3. The van der Waals surface area contributed by atoms with Crippen LogP contribution in [0.15, 0.2) is 12.1 Å². The molecule has 1 amide bonds. The zero-order valence-electron chi connectivity index (χ0n) is 6.41. The summed E-state index contributed by atoms with van der Waals surface area (Å²) in [5.74, 6) is -1.70. The van der Waals surface area contributed by atoms with E-state index in [4.69, 9.17) is 16.7 Å². The number of hydrogen-bond acceptors (Lipinski definition) is 3. The van der Waals surface area contributed by atoms with Crippen LogP contribution in [0, 0.1) is 0 Å². The van der Waals surface area contributed by atoms with Crippen LogP contribution >= 0.6 is 22.9 Å². The highest BCUT2D eigenvalue weighted by atomic mass is 35.5. The Morgan fingerprint density at radius 3 is 2.69 bits per heavy atom. The minimum Gasteiger partial charge on any atom is -0.481 e. The molecule has 0 aromatic carbocycles. The Balaban J connectivity index is 2.50. The molecule has 13 heavy (non-hydrogen) atoms. The van der Waals surface area contributed by atoms with Crippen molar-refractivity contribution in [3.05, 3.63) is 16.5 Å². The minimum absolute atomic E-state index is 0.532. The van der Waals surface area contributed by atoms with E-state index in [2.05, 4.69) is 5.32 Å². The van der Waals surface area contributed by atoms with Crippen molar-refractivity contribution >= 4 is 39.8 Å². The Hall–Kier alpha value is -1.07. The summed E-state index contributed by atoms with van der Waals surface area (Å²) in [5, 5.41) is 11.2. The topological polar surface area (TPSA) is 66.4 Å². The smallest absolute Gasteiger partial charge is 0.312 e. The Kier molecular flexibility index (Phi) is 3.27. The molecular formula is C7H6ClNO3S. The van der Waals surface area contributed by atoms with Crippen LogP contribution in [0.25, 0.3) is 0 Å². The minimum atomic E-state index is -1.15. The Labute approximate surface area is 83.1 Å². The maximum Gasteiger partial charge on any atom is 0.312 e. The van der Waals surface area contributed by atoms with Crippen LogP contribution < -0.4 is 5.32 Å². The second kappa shape index (κ2) is 4.25. The van der Waals surface area contributed by atoms with Crippen LogP contribution in [0.4, 0.5) is 5.00 Å². The third kappa shape index (κ3) is 3.43. The number of halogens is 1. The van der Waals surface area contributed by atoms with Gasteiger partial charge in [-0.15, -0.1) is 11.3 Å². The van der Waals surface area contributed by atoms with Crippen molar-refractivity contribution < 1.29 is 14.7 Å². The molecule has 0 aliphatic carbocycles. The lowest BCUT2D eigenvalue weighted by atomic mass is 10.4. The van der Waals surface area contributed by atoms with Crippen molar-refractivity contribution in [2.45, 2.75) is 6.42 Å². The van der Waals surface area contributed by atoms with Gasteiger partial charge in [0.25, 0.3) is 0 Å². The molecule has 0 radical (unpaired) electrons. The first-order valence-electron chi connectivity index (χ1n) is 3.35. The van der Waals surface area contributed by atoms with Crippen LogP contribution in [-0.2, 0) is 9.59 Å². The van der Waals surface area contributed by atoms with E-state index >= 15 is 0 Å². The maximum atomic E-state index is 10.9. The summed E-state index contributed by atoms with van der Waals surface area (Å²) in [6.45, 7) is 0. The Bertz CT molecular complexity index is 336. The first kappa shape index (κ1) is 10.0. The van der Waals surface area contributed by atoms with Gasteiger partial charge in [0.2, 0.25) is 5.91 Å². The SMILES string of the molecule is O=C(O)CC(=O)Nc1ccc(Cl)s1. The predicted molar refractivity (Wildman–Crippen MR) is 50.2 cm³/mol. The van der Waals surface area contributed by atoms with Crippen LogP contribution in [0.1, 0.15) is 6.42 Å². The average molecular weight is 220 g/mol. The number of aliphatic carboxylic acids is 1. The molecule has 1 aromatic rings. The molecule has 1 heterocycles. The molecule has 0 aliphatic heterocycles. The van der Waals surface area contributed by atoms with Crippen LogP contribution in [0.3, 0.4) is 0 Å². The molecule has 1 rings (SSSR count). The largest absolute Gasteiger partial charge is 0.481 e. The van der Waals surface area contributed by atoms with Gasteiger partial charge in [0.05, 0.1) is 9.34 Å².